The number of halogens is 2. The molecular formula is C25H19Br2NO3S2. The van der Waals surface area contributed by atoms with Gasteiger partial charge in [0.05, 0.1) is 22.2 Å². The molecule has 8 heteroatoms. The zero-order valence-electron chi connectivity index (χ0n) is 17.8. The number of thioether (sulfide) groups is 1. The van der Waals surface area contributed by atoms with Gasteiger partial charge >= 0.3 is 0 Å². The Morgan fingerprint density at radius 1 is 1.06 bits per heavy atom. The van der Waals surface area contributed by atoms with Crippen molar-refractivity contribution in [2.24, 2.45) is 0 Å². The number of ether oxygens (including phenoxy) is 2. The SMILES string of the molecule is COc1cc(/C=C2\SC(=S)N(c3ccc(C)cc3)C2=O)cc(Br)c1OCc1ccc(Br)cc1. The second-order valence-electron chi connectivity index (χ2n) is 7.30. The van der Waals surface area contributed by atoms with Crippen molar-refractivity contribution in [2.45, 2.75) is 13.5 Å². The number of methoxy groups -OCH3 is 1. The third kappa shape index (κ3) is 5.51. The molecule has 0 unspecified atom stereocenters. The first kappa shape index (κ1) is 24.0. The summed E-state index contributed by atoms with van der Waals surface area (Å²) in [7, 11) is 1.59. The van der Waals surface area contributed by atoms with Crippen LogP contribution in [0.2, 0.25) is 0 Å². The highest BCUT2D eigenvalue weighted by molar-refractivity contribution is 9.10. The Labute approximate surface area is 219 Å². The summed E-state index contributed by atoms with van der Waals surface area (Å²) in [5.41, 5.74) is 3.73. The van der Waals surface area contributed by atoms with Crippen molar-refractivity contribution in [3.8, 4) is 11.5 Å². The molecule has 3 aromatic rings. The van der Waals surface area contributed by atoms with Gasteiger partial charge in [0.1, 0.15) is 6.61 Å². The van der Waals surface area contributed by atoms with Gasteiger partial charge in [-0.05, 0) is 76.5 Å². The fourth-order valence-electron chi connectivity index (χ4n) is 3.23. The minimum Gasteiger partial charge on any atom is -0.493 e. The van der Waals surface area contributed by atoms with Crippen LogP contribution in [0.3, 0.4) is 0 Å². The van der Waals surface area contributed by atoms with E-state index >= 15 is 0 Å². The summed E-state index contributed by atoms with van der Waals surface area (Å²) in [5.74, 6) is 1.03. The van der Waals surface area contributed by atoms with E-state index in [0.29, 0.717) is 27.3 Å². The molecular weight excluding hydrogens is 586 g/mol. The second-order valence-corrected chi connectivity index (χ2v) is 10.7. The molecule has 1 saturated heterocycles. The highest BCUT2D eigenvalue weighted by Crippen LogP contribution is 2.40. The van der Waals surface area contributed by atoms with Gasteiger partial charge in [-0.2, -0.15) is 0 Å². The lowest BCUT2D eigenvalue weighted by Gasteiger charge is -2.15. The number of thiocarbonyl (C=S) groups is 1. The first-order valence-electron chi connectivity index (χ1n) is 9.95. The molecule has 0 spiro atoms. The van der Waals surface area contributed by atoms with Gasteiger partial charge in [0.15, 0.2) is 15.8 Å². The number of hydrogen-bond donors (Lipinski definition) is 0. The summed E-state index contributed by atoms with van der Waals surface area (Å²) in [6.45, 7) is 2.41. The van der Waals surface area contributed by atoms with E-state index in [1.54, 1.807) is 12.0 Å². The maximum atomic E-state index is 13.1. The van der Waals surface area contributed by atoms with E-state index in [0.717, 1.165) is 31.3 Å². The number of benzene rings is 3. The van der Waals surface area contributed by atoms with Gasteiger partial charge in [-0.3, -0.25) is 9.69 Å². The Balaban J connectivity index is 1.57. The van der Waals surface area contributed by atoms with Crippen LogP contribution in [0.4, 0.5) is 5.69 Å². The molecule has 4 rings (SSSR count). The number of nitrogens with zero attached hydrogens (tertiary/aromatic N) is 1. The highest BCUT2D eigenvalue weighted by Gasteiger charge is 2.33. The van der Waals surface area contributed by atoms with Gasteiger partial charge in [0, 0.05) is 4.47 Å². The molecule has 1 amide bonds. The molecule has 1 heterocycles. The number of carbonyl (C=O) groups is 1. The Morgan fingerprint density at radius 2 is 1.76 bits per heavy atom. The van der Waals surface area contributed by atoms with Crippen LogP contribution in [0.25, 0.3) is 6.08 Å². The van der Waals surface area contributed by atoms with Crippen LogP contribution in [0.5, 0.6) is 11.5 Å². The van der Waals surface area contributed by atoms with E-state index in [2.05, 4.69) is 31.9 Å². The minimum absolute atomic E-state index is 0.139. The third-order valence-electron chi connectivity index (χ3n) is 4.93. The summed E-state index contributed by atoms with van der Waals surface area (Å²) in [6, 6.07) is 19.4. The van der Waals surface area contributed by atoms with E-state index in [9.17, 15) is 4.79 Å². The summed E-state index contributed by atoms with van der Waals surface area (Å²) in [5, 5.41) is 0. The molecule has 33 heavy (non-hydrogen) atoms. The zero-order chi connectivity index (χ0) is 23.5. The molecule has 0 aliphatic carbocycles. The minimum atomic E-state index is -0.139. The summed E-state index contributed by atoms with van der Waals surface area (Å²) >= 11 is 13.8. The molecule has 0 bridgehead atoms. The normalized spacial score (nSPS) is 14.8. The molecule has 4 nitrogen and oxygen atoms in total. The Hall–Kier alpha value is -2.13. The van der Waals surface area contributed by atoms with Crippen molar-refractivity contribution in [1.82, 2.24) is 0 Å². The van der Waals surface area contributed by atoms with E-state index in [1.165, 1.54) is 11.8 Å². The molecule has 0 N–H and O–H groups in total. The largest absolute Gasteiger partial charge is 0.493 e. The van der Waals surface area contributed by atoms with E-state index in [1.807, 2.05) is 73.7 Å². The molecule has 1 aliphatic rings. The van der Waals surface area contributed by atoms with E-state index in [4.69, 9.17) is 21.7 Å². The third-order valence-corrected chi connectivity index (χ3v) is 7.35. The van der Waals surface area contributed by atoms with Crippen LogP contribution in [0, 0.1) is 6.92 Å². The number of aryl methyl sites for hydroxylation is 1. The average Bonchev–Trinajstić information content (AvgIpc) is 3.07. The van der Waals surface area contributed by atoms with Crippen molar-refractivity contribution < 1.29 is 14.3 Å². The first-order valence-corrected chi connectivity index (χ1v) is 12.8. The maximum absolute atomic E-state index is 13.1. The molecule has 1 fully saturated rings. The number of hydrogen-bond acceptors (Lipinski definition) is 5. The first-order chi connectivity index (χ1) is 15.9. The van der Waals surface area contributed by atoms with Crippen molar-refractivity contribution in [3.05, 3.63) is 91.2 Å². The topological polar surface area (TPSA) is 38.8 Å². The molecule has 0 radical (unpaired) electrons. The Kier molecular flexibility index (Phi) is 7.58. The van der Waals surface area contributed by atoms with Gasteiger partial charge in [0.2, 0.25) is 0 Å². The summed E-state index contributed by atoms with van der Waals surface area (Å²) in [4.78, 5) is 15.2. The molecule has 1 aliphatic heterocycles. The quantitative estimate of drug-likeness (QED) is 0.215. The number of amides is 1. The van der Waals surface area contributed by atoms with E-state index in [-0.39, 0.29) is 5.91 Å². The molecule has 0 saturated carbocycles. The van der Waals surface area contributed by atoms with Crippen LogP contribution in [-0.2, 0) is 11.4 Å². The van der Waals surface area contributed by atoms with Crippen LogP contribution in [0.1, 0.15) is 16.7 Å². The Morgan fingerprint density at radius 3 is 2.42 bits per heavy atom. The second kappa shape index (κ2) is 10.4. The number of anilines is 1. The lowest BCUT2D eigenvalue weighted by atomic mass is 10.1. The summed E-state index contributed by atoms with van der Waals surface area (Å²) in [6.07, 6.45) is 1.82. The molecule has 0 aromatic heterocycles. The van der Waals surface area contributed by atoms with Crippen molar-refractivity contribution in [1.29, 1.82) is 0 Å². The zero-order valence-corrected chi connectivity index (χ0v) is 22.6. The Bertz CT molecular complexity index is 1240. The monoisotopic (exact) mass is 603 g/mol. The van der Waals surface area contributed by atoms with Gasteiger partial charge in [-0.25, -0.2) is 0 Å². The predicted octanol–water partition coefficient (Wildman–Crippen LogP) is 7.51. The lowest BCUT2D eigenvalue weighted by molar-refractivity contribution is -0.113. The van der Waals surface area contributed by atoms with Crippen molar-refractivity contribution in [2.75, 3.05) is 12.0 Å². The van der Waals surface area contributed by atoms with Gasteiger partial charge in [-0.15, -0.1) is 0 Å². The number of carbonyl (C=O) groups excluding carboxylic acids is 1. The molecule has 0 atom stereocenters. The van der Waals surface area contributed by atoms with Crippen LogP contribution in [-0.4, -0.2) is 17.3 Å². The lowest BCUT2D eigenvalue weighted by Crippen LogP contribution is -2.27. The predicted molar refractivity (Wildman–Crippen MR) is 146 cm³/mol. The fourth-order valence-corrected chi connectivity index (χ4v) is 5.37. The van der Waals surface area contributed by atoms with Crippen molar-refractivity contribution in [3.63, 3.8) is 0 Å². The van der Waals surface area contributed by atoms with Crippen LogP contribution < -0.4 is 14.4 Å². The van der Waals surface area contributed by atoms with Crippen LogP contribution >= 0.6 is 55.8 Å². The average molecular weight is 605 g/mol. The van der Waals surface area contributed by atoms with Gasteiger partial charge in [0.25, 0.3) is 5.91 Å². The van der Waals surface area contributed by atoms with Gasteiger partial charge in [-0.1, -0.05) is 69.7 Å². The van der Waals surface area contributed by atoms with E-state index < -0.39 is 0 Å². The van der Waals surface area contributed by atoms with Gasteiger partial charge < -0.3 is 9.47 Å². The maximum Gasteiger partial charge on any atom is 0.270 e. The van der Waals surface area contributed by atoms with Crippen molar-refractivity contribution >= 4 is 77.8 Å². The number of rotatable bonds is 6. The van der Waals surface area contributed by atoms with Crippen LogP contribution in [0.15, 0.2) is 74.5 Å². The molecule has 168 valence electrons. The molecule has 3 aromatic carbocycles. The highest BCUT2D eigenvalue weighted by atomic mass is 79.9. The standard InChI is InChI=1S/C25H19Br2NO3S2/c1-15-3-9-19(10-4-15)28-24(29)22(33-25(28)32)13-17-11-20(27)23(21(12-17)30-2)31-14-16-5-7-18(26)8-6-16/h3-13H,14H2,1-2H3/b22-13-. The smallest absolute Gasteiger partial charge is 0.270 e. The summed E-state index contributed by atoms with van der Waals surface area (Å²) < 4.78 is 13.9. The fraction of sp³-hybridized carbons (Fsp3) is 0.120.